The van der Waals surface area contributed by atoms with E-state index >= 15 is 0 Å². The summed E-state index contributed by atoms with van der Waals surface area (Å²) in [6.45, 7) is 6.48. The second-order valence-corrected chi connectivity index (χ2v) is 7.78. The van der Waals surface area contributed by atoms with Gasteiger partial charge in [0, 0.05) is 56.1 Å². The van der Waals surface area contributed by atoms with Gasteiger partial charge in [-0.05, 0) is 31.5 Å². The third-order valence-corrected chi connectivity index (χ3v) is 5.67. The number of pyridine rings is 1. The maximum atomic E-state index is 12.5. The van der Waals surface area contributed by atoms with Gasteiger partial charge >= 0.3 is 0 Å². The van der Waals surface area contributed by atoms with E-state index in [1.807, 2.05) is 32.4 Å². The number of aryl methyl sites for hydroxylation is 1. The summed E-state index contributed by atoms with van der Waals surface area (Å²) >= 11 is 0. The first-order valence-electron chi connectivity index (χ1n) is 9.79. The van der Waals surface area contributed by atoms with Gasteiger partial charge in [0.05, 0.1) is 24.9 Å². The van der Waals surface area contributed by atoms with Crippen LogP contribution in [-0.4, -0.2) is 69.9 Å². The van der Waals surface area contributed by atoms with Crippen molar-refractivity contribution >= 4 is 16.6 Å². The quantitative estimate of drug-likeness (QED) is 0.683. The van der Waals surface area contributed by atoms with Gasteiger partial charge in [-0.15, -0.1) is 0 Å². The lowest BCUT2D eigenvalue weighted by Gasteiger charge is -2.31. The van der Waals surface area contributed by atoms with E-state index in [1.165, 1.54) is 0 Å². The van der Waals surface area contributed by atoms with Crippen molar-refractivity contribution in [2.45, 2.75) is 13.3 Å². The number of carbonyl (C=O) groups is 1. The highest BCUT2D eigenvalue weighted by Gasteiger charge is 2.17. The van der Waals surface area contributed by atoms with Crippen LogP contribution in [-0.2, 0) is 18.3 Å². The molecule has 1 fully saturated rings. The van der Waals surface area contributed by atoms with E-state index in [1.54, 1.807) is 0 Å². The van der Waals surface area contributed by atoms with Crippen LogP contribution in [0.2, 0.25) is 0 Å². The third kappa shape index (κ3) is 3.98. The topological polar surface area (TPSA) is 54.3 Å². The Balaban J connectivity index is 1.50. The zero-order valence-corrected chi connectivity index (χ0v) is 16.9. The summed E-state index contributed by atoms with van der Waals surface area (Å²) in [7, 11) is 4.15. The number of Topliss-reactive ketones (excluding diaryl/α,β-unsaturated/α-hetero) is 1. The molecule has 1 aromatic carbocycles. The van der Waals surface area contributed by atoms with Crippen LogP contribution in [0.1, 0.15) is 11.5 Å². The number of fused-ring (bicyclic) bond motifs is 1. The van der Waals surface area contributed by atoms with E-state index in [2.05, 4.69) is 49.6 Å². The Morgan fingerprint density at radius 1 is 1.00 bits per heavy atom. The van der Waals surface area contributed by atoms with Crippen LogP contribution < -0.4 is 0 Å². The van der Waals surface area contributed by atoms with Crippen molar-refractivity contribution in [3.05, 3.63) is 48.2 Å². The first-order chi connectivity index (χ1) is 13.5. The van der Waals surface area contributed by atoms with Gasteiger partial charge in [0.25, 0.3) is 0 Å². The fourth-order valence-corrected chi connectivity index (χ4v) is 3.73. The lowest BCUT2D eigenvalue weighted by Crippen LogP contribution is -2.46. The number of hydrogen-bond donors (Lipinski definition) is 0. The van der Waals surface area contributed by atoms with Gasteiger partial charge in [-0.2, -0.15) is 0 Å². The largest absolute Gasteiger partial charge is 0.331 e. The molecule has 0 unspecified atom stereocenters. The minimum atomic E-state index is 0.231. The molecule has 0 amide bonds. The van der Waals surface area contributed by atoms with Gasteiger partial charge in [0.1, 0.15) is 5.82 Å². The van der Waals surface area contributed by atoms with E-state index in [-0.39, 0.29) is 5.78 Å². The van der Waals surface area contributed by atoms with Gasteiger partial charge in [0.15, 0.2) is 5.78 Å². The molecule has 6 nitrogen and oxygen atoms in total. The lowest BCUT2D eigenvalue weighted by molar-refractivity contribution is -0.120. The summed E-state index contributed by atoms with van der Waals surface area (Å²) in [6, 6.07) is 8.38. The molecule has 3 heterocycles. The molecule has 1 saturated heterocycles. The summed E-state index contributed by atoms with van der Waals surface area (Å²) in [5.41, 5.74) is 3.05. The van der Waals surface area contributed by atoms with Gasteiger partial charge in [-0.25, -0.2) is 4.98 Å². The lowest BCUT2D eigenvalue weighted by atomic mass is 10.0. The van der Waals surface area contributed by atoms with Crippen LogP contribution in [0.25, 0.3) is 22.0 Å². The van der Waals surface area contributed by atoms with Crippen molar-refractivity contribution in [3.8, 4) is 11.3 Å². The summed E-state index contributed by atoms with van der Waals surface area (Å²) in [5, 5.41) is 2.19. The zero-order chi connectivity index (χ0) is 19.7. The molecule has 2 aromatic heterocycles. The van der Waals surface area contributed by atoms with E-state index in [9.17, 15) is 4.79 Å². The van der Waals surface area contributed by atoms with Crippen LogP contribution in [0.5, 0.6) is 0 Å². The highest BCUT2D eigenvalue weighted by Crippen LogP contribution is 2.25. The van der Waals surface area contributed by atoms with E-state index in [0.717, 1.165) is 59.7 Å². The molecule has 0 saturated carbocycles. The molecule has 0 aliphatic carbocycles. The van der Waals surface area contributed by atoms with Crippen molar-refractivity contribution in [1.29, 1.82) is 0 Å². The average molecular weight is 377 g/mol. The Morgan fingerprint density at radius 3 is 2.50 bits per heavy atom. The predicted molar refractivity (Wildman–Crippen MR) is 111 cm³/mol. The molecule has 0 N–H and O–H groups in total. The van der Waals surface area contributed by atoms with Gasteiger partial charge in [-0.3, -0.25) is 14.7 Å². The zero-order valence-electron chi connectivity index (χ0n) is 16.9. The third-order valence-electron chi connectivity index (χ3n) is 5.67. The number of imidazole rings is 1. The molecular weight excluding hydrogens is 350 g/mol. The Bertz CT molecular complexity index is 1000. The number of likely N-dealkylation sites (N-methyl/N-ethyl adjacent to an activating group) is 1. The smallest absolute Gasteiger partial charge is 0.152 e. The monoisotopic (exact) mass is 377 g/mol. The van der Waals surface area contributed by atoms with Crippen molar-refractivity contribution in [1.82, 2.24) is 24.3 Å². The Morgan fingerprint density at radius 2 is 1.79 bits per heavy atom. The standard InChI is InChI=1S/C22H27N5O/c1-16-23-14-22(26(16)3)17-4-5-18-13-24-20(11-19(18)10-17)12-21(28)15-27-8-6-25(2)7-9-27/h4-5,10-11,13-14H,6-9,12,15H2,1-3H3. The normalized spacial score (nSPS) is 16.0. The molecule has 0 atom stereocenters. The molecule has 0 bridgehead atoms. The van der Waals surface area contributed by atoms with Gasteiger partial charge in [0.2, 0.25) is 0 Å². The molecule has 0 spiro atoms. The number of aromatic nitrogens is 3. The summed E-state index contributed by atoms with van der Waals surface area (Å²) in [5.74, 6) is 1.22. The van der Waals surface area contributed by atoms with Crippen molar-refractivity contribution in [2.75, 3.05) is 39.8 Å². The van der Waals surface area contributed by atoms with E-state index in [0.29, 0.717) is 13.0 Å². The summed E-state index contributed by atoms with van der Waals surface area (Å²) < 4.78 is 2.09. The van der Waals surface area contributed by atoms with Crippen LogP contribution in [0.4, 0.5) is 0 Å². The van der Waals surface area contributed by atoms with Crippen LogP contribution in [0.3, 0.4) is 0 Å². The SMILES string of the molecule is Cc1ncc(-c2ccc3cnc(CC(=O)CN4CCN(C)CC4)cc3c2)n1C. The number of benzene rings is 1. The Labute approximate surface area is 165 Å². The molecule has 0 radical (unpaired) electrons. The number of hydrogen-bond acceptors (Lipinski definition) is 5. The number of rotatable bonds is 5. The molecule has 146 valence electrons. The van der Waals surface area contributed by atoms with Gasteiger partial charge in [-0.1, -0.05) is 12.1 Å². The average Bonchev–Trinajstić information content (AvgIpc) is 3.02. The fraction of sp³-hybridized carbons (Fsp3) is 0.409. The van der Waals surface area contributed by atoms with E-state index in [4.69, 9.17) is 0 Å². The maximum Gasteiger partial charge on any atom is 0.152 e. The fourth-order valence-electron chi connectivity index (χ4n) is 3.73. The number of carbonyl (C=O) groups excluding carboxylic acids is 1. The minimum Gasteiger partial charge on any atom is -0.331 e. The Hall–Kier alpha value is -2.57. The summed E-state index contributed by atoms with van der Waals surface area (Å²) in [6.07, 6.45) is 4.15. The van der Waals surface area contributed by atoms with Crippen LogP contribution in [0.15, 0.2) is 36.7 Å². The Kier molecular flexibility index (Phi) is 5.24. The minimum absolute atomic E-state index is 0.231. The predicted octanol–water partition coefficient (Wildman–Crippen LogP) is 2.30. The number of ketones is 1. The highest BCUT2D eigenvalue weighted by molar-refractivity contribution is 5.88. The first-order valence-corrected chi connectivity index (χ1v) is 9.79. The van der Waals surface area contributed by atoms with E-state index < -0.39 is 0 Å². The molecule has 6 heteroatoms. The highest BCUT2D eigenvalue weighted by atomic mass is 16.1. The van der Waals surface area contributed by atoms with Crippen LogP contribution >= 0.6 is 0 Å². The second kappa shape index (κ2) is 7.81. The molecule has 1 aliphatic heterocycles. The first kappa shape index (κ1) is 18.8. The maximum absolute atomic E-state index is 12.5. The molecule has 1 aliphatic rings. The molecule has 4 rings (SSSR count). The number of piperazine rings is 1. The van der Waals surface area contributed by atoms with Crippen molar-refractivity contribution in [3.63, 3.8) is 0 Å². The van der Waals surface area contributed by atoms with Crippen molar-refractivity contribution < 1.29 is 4.79 Å². The molecule has 28 heavy (non-hydrogen) atoms. The summed E-state index contributed by atoms with van der Waals surface area (Å²) in [4.78, 5) is 26.0. The van der Waals surface area contributed by atoms with Gasteiger partial charge < -0.3 is 9.47 Å². The molecular formula is C22H27N5O. The molecule has 3 aromatic rings. The van der Waals surface area contributed by atoms with Crippen molar-refractivity contribution in [2.24, 2.45) is 7.05 Å². The second-order valence-electron chi connectivity index (χ2n) is 7.78. The van der Waals surface area contributed by atoms with Crippen LogP contribution in [0, 0.1) is 6.92 Å². The number of nitrogens with zero attached hydrogens (tertiary/aromatic N) is 5.